The Morgan fingerprint density at radius 3 is 2.39 bits per heavy atom. The number of nitrogens with one attached hydrogen (secondary N) is 2. The highest BCUT2D eigenvalue weighted by Crippen LogP contribution is 2.39. The number of nitrogens with two attached hydrogens (primary N) is 1. The van der Waals surface area contributed by atoms with E-state index in [2.05, 4.69) is 81.8 Å². The van der Waals surface area contributed by atoms with Gasteiger partial charge in [-0.3, -0.25) is 0 Å². The Balaban J connectivity index is 1.58. The van der Waals surface area contributed by atoms with Gasteiger partial charge in [-0.1, -0.05) is 18.2 Å². The van der Waals surface area contributed by atoms with E-state index < -0.39 is 0 Å². The molecule has 1 saturated heterocycles. The highest BCUT2D eigenvalue weighted by molar-refractivity contribution is 6.01. The lowest BCUT2D eigenvalue weighted by Crippen LogP contribution is -2.44. The number of piperazine rings is 1. The molecule has 0 radical (unpaired) electrons. The van der Waals surface area contributed by atoms with Crippen LogP contribution in [0.1, 0.15) is 0 Å². The van der Waals surface area contributed by atoms with Crippen molar-refractivity contribution in [2.24, 2.45) is 0 Å². The fourth-order valence-electron chi connectivity index (χ4n) is 4.14. The lowest BCUT2D eigenvalue weighted by atomic mass is 9.97. The van der Waals surface area contributed by atoms with E-state index in [0.717, 1.165) is 48.5 Å². The maximum absolute atomic E-state index is 6.42. The number of H-pyrrole nitrogens is 2. The van der Waals surface area contributed by atoms with E-state index in [1.807, 2.05) is 6.07 Å². The van der Waals surface area contributed by atoms with E-state index in [0.29, 0.717) is 0 Å². The monoisotopic (exact) mass is 371 g/mol. The molecule has 4 aromatic rings. The smallest absolute Gasteiger partial charge is 0.0460 e. The molecule has 0 saturated carbocycles. The lowest BCUT2D eigenvalue weighted by molar-refractivity contribution is 0.313. The van der Waals surface area contributed by atoms with Crippen LogP contribution in [0.15, 0.2) is 61.1 Å². The maximum Gasteiger partial charge on any atom is 0.0460 e. The molecule has 5 heteroatoms. The van der Waals surface area contributed by atoms with Gasteiger partial charge in [-0.05, 0) is 31.3 Å². The number of nitrogen functional groups attached to an aromatic ring is 1. The largest absolute Gasteiger partial charge is 0.398 e. The first-order valence-corrected chi connectivity index (χ1v) is 9.77. The van der Waals surface area contributed by atoms with Crippen molar-refractivity contribution < 1.29 is 0 Å². The number of para-hydroxylation sites is 1. The first kappa shape index (κ1) is 17.0. The van der Waals surface area contributed by atoms with Gasteiger partial charge in [0, 0.05) is 89.3 Å². The summed E-state index contributed by atoms with van der Waals surface area (Å²) in [5.41, 5.74) is 14.2. The van der Waals surface area contributed by atoms with Crippen molar-refractivity contribution in [3.05, 3.63) is 61.1 Å². The number of hydrogen-bond acceptors (Lipinski definition) is 3. The van der Waals surface area contributed by atoms with Crippen LogP contribution in [0.2, 0.25) is 0 Å². The van der Waals surface area contributed by atoms with Crippen LogP contribution in [0.4, 0.5) is 11.4 Å². The summed E-state index contributed by atoms with van der Waals surface area (Å²) in [4.78, 5) is 11.5. The van der Waals surface area contributed by atoms with Crippen LogP contribution < -0.4 is 10.6 Å². The van der Waals surface area contributed by atoms with Crippen molar-refractivity contribution in [3.8, 4) is 22.3 Å². The van der Waals surface area contributed by atoms with Crippen LogP contribution in [-0.2, 0) is 0 Å². The van der Waals surface area contributed by atoms with Crippen LogP contribution in [0.3, 0.4) is 0 Å². The summed E-state index contributed by atoms with van der Waals surface area (Å²) in [6.45, 7) is 4.26. The Morgan fingerprint density at radius 1 is 0.821 bits per heavy atom. The highest BCUT2D eigenvalue weighted by atomic mass is 15.2. The number of benzene rings is 2. The molecule has 0 spiro atoms. The number of likely N-dealkylation sites (N-methyl/N-ethyl adjacent to an activating group) is 1. The van der Waals surface area contributed by atoms with E-state index in [4.69, 9.17) is 5.73 Å². The van der Waals surface area contributed by atoms with E-state index in [1.54, 1.807) is 0 Å². The predicted octanol–water partition coefficient (Wildman–Crippen LogP) is 4.16. The number of anilines is 2. The van der Waals surface area contributed by atoms with Crippen molar-refractivity contribution in [2.45, 2.75) is 0 Å². The normalized spacial score (nSPS) is 15.4. The van der Waals surface area contributed by atoms with Crippen molar-refractivity contribution >= 4 is 22.3 Å². The minimum Gasteiger partial charge on any atom is -0.398 e. The molecule has 1 fully saturated rings. The quantitative estimate of drug-likeness (QED) is 0.474. The van der Waals surface area contributed by atoms with E-state index in [-0.39, 0.29) is 0 Å². The van der Waals surface area contributed by atoms with E-state index in [9.17, 15) is 0 Å². The van der Waals surface area contributed by atoms with E-state index >= 15 is 0 Å². The molecule has 0 atom stereocenters. The average Bonchev–Trinajstić information content (AvgIpc) is 3.35. The fraction of sp³-hybridized carbons (Fsp3) is 0.217. The van der Waals surface area contributed by atoms with Gasteiger partial charge in [0.2, 0.25) is 0 Å². The van der Waals surface area contributed by atoms with Crippen LogP contribution in [0, 0.1) is 0 Å². The van der Waals surface area contributed by atoms with E-state index in [1.165, 1.54) is 22.2 Å². The number of fused-ring (bicyclic) bond motifs is 1. The summed E-state index contributed by atoms with van der Waals surface area (Å²) in [7, 11) is 2.18. The van der Waals surface area contributed by atoms with Gasteiger partial charge in [-0.15, -0.1) is 0 Å². The molecule has 28 heavy (non-hydrogen) atoms. The Labute approximate surface area is 164 Å². The second kappa shape index (κ2) is 6.77. The van der Waals surface area contributed by atoms with Gasteiger partial charge < -0.3 is 25.5 Å². The predicted molar refractivity (Wildman–Crippen MR) is 118 cm³/mol. The Hall–Kier alpha value is -3.18. The Bertz CT molecular complexity index is 1110. The molecule has 0 unspecified atom stereocenters. The van der Waals surface area contributed by atoms with Crippen LogP contribution in [0.25, 0.3) is 33.2 Å². The van der Waals surface area contributed by atoms with Crippen molar-refractivity contribution in [1.82, 2.24) is 14.9 Å². The Morgan fingerprint density at radius 2 is 1.57 bits per heavy atom. The third kappa shape index (κ3) is 2.84. The standard InChI is InChI=1S/C23H25N5/c1-27-8-10-28(11-9-27)16-6-7-22(24)18(12-16)19-13-25-14-20(19)21-15-26-23-5-3-2-4-17(21)23/h2-7,12-15,25-26H,8-11,24H2,1H3. The molecule has 2 aromatic heterocycles. The van der Waals surface area contributed by atoms with Crippen molar-refractivity contribution in [2.75, 3.05) is 43.9 Å². The Kier molecular flexibility index (Phi) is 4.10. The van der Waals surface area contributed by atoms with Gasteiger partial charge in [-0.2, -0.15) is 0 Å². The number of aromatic nitrogens is 2. The summed E-state index contributed by atoms with van der Waals surface area (Å²) in [6.07, 6.45) is 6.20. The summed E-state index contributed by atoms with van der Waals surface area (Å²) >= 11 is 0. The molecule has 1 aliphatic rings. The summed E-state index contributed by atoms with van der Waals surface area (Å²) < 4.78 is 0. The molecule has 142 valence electrons. The molecule has 4 N–H and O–H groups in total. The summed E-state index contributed by atoms with van der Waals surface area (Å²) in [5, 5.41) is 1.22. The fourth-order valence-corrected chi connectivity index (χ4v) is 4.14. The van der Waals surface area contributed by atoms with Crippen LogP contribution in [-0.4, -0.2) is 48.1 Å². The summed E-state index contributed by atoms with van der Waals surface area (Å²) in [6, 6.07) is 14.8. The number of aromatic amines is 2. The number of hydrogen-bond donors (Lipinski definition) is 3. The molecule has 3 heterocycles. The third-order valence-electron chi connectivity index (χ3n) is 5.82. The van der Waals surface area contributed by atoms with Gasteiger partial charge in [-0.25, -0.2) is 0 Å². The lowest BCUT2D eigenvalue weighted by Gasteiger charge is -2.34. The molecule has 1 aliphatic heterocycles. The minimum absolute atomic E-state index is 0.804. The maximum atomic E-state index is 6.42. The molecule has 2 aromatic carbocycles. The topological polar surface area (TPSA) is 64.1 Å². The highest BCUT2D eigenvalue weighted by Gasteiger charge is 2.18. The molecular formula is C23H25N5. The first-order chi connectivity index (χ1) is 13.7. The molecule has 5 nitrogen and oxygen atoms in total. The van der Waals surface area contributed by atoms with Gasteiger partial charge in [0.05, 0.1) is 0 Å². The SMILES string of the molecule is CN1CCN(c2ccc(N)c(-c3c[nH]cc3-c3c[nH]c4ccccc34)c2)CC1. The second-order valence-electron chi connectivity index (χ2n) is 7.59. The second-order valence-corrected chi connectivity index (χ2v) is 7.59. The average molecular weight is 371 g/mol. The van der Waals surface area contributed by atoms with Crippen molar-refractivity contribution in [3.63, 3.8) is 0 Å². The van der Waals surface area contributed by atoms with Crippen LogP contribution in [0.5, 0.6) is 0 Å². The molecule has 0 aliphatic carbocycles. The zero-order chi connectivity index (χ0) is 19.1. The number of nitrogens with zero attached hydrogens (tertiary/aromatic N) is 2. The third-order valence-corrected chi connectivity index (χ3v) is 5.82. The van der Waals surface area contributed by atoms with Gasteiger partial charge in [0.15, 0.2) is 0 Å². The zero-order valence-corrected chi connectivity index (χ0v) is 16.1. The van der Waals surface area contributed by atoms with Gasteiger partial charge in [0.25, 0.3) is 0 Å². The summed E-state index contributed by atoms with van der Waals surface area (Å²) in [5.74, 6) is 0. The molecule has 5 rings (SSSR count). The molecule has 0 bridgehead atoms. The zero-order valence-electron chi connectivity index (χ0n) is 16.1. The van der Waals surface area contributed by atoms with Crippen molar-refractivity contribution in [1.29, 1.82) is 0 Å². The molecule has 0 amide bonds. The van der Waals surface area contributed by atoms with Gasteiger partial charge in [0.1, 0.15) is 0 Å². The molecular weight excluding hydrogens is 346 g/mol. The van der Waals surface area contributed by atoms with Crippen LogP contribution >= 0.6 is 0 Å². The van der Waals surface area contributed by atoms with Gasteiger partial charge >= 0.3 is 0 Å². The first-order valence-electron chi connectivity index (χ1n) is 9.77. The number of rotatable bonds is 3. The minimum atomic E-state index is 0.804.